The van der Waals surface area contributed by atoms with Gasteiger partial charge in [0.25, 0.3) is 0 Å². The number of methoxy groups -OCH3 is 1. The Balaban J connectivity index is 1.45. The Hall–Kier alpha value is -2.38. The van der Waals surface area contributed by atoms with Gasteiger partial charge >= 0.3 is 0 Å². The van der Waals surface area contributed by atoms with E-state index in [2.05, 4.69) is 22.4 Å². The van der Waals surface area contributed by atoms with E-state index in [1.165, 1.54) is 0 Å². The molecule has 0 bridgehead atoms. The molecule has 0 atom stereocenters. The summed E-state index contributed by atoms with van der Waals surface area (Å²) in [5.41, 5.74) is 6.06. The molecule has 7 heteroatoms. The lowest BCUT2D eigenvalue weighted by atomic mass is 10.0. The molecule has 2 aromatic carbocycles. The van der Waals surface area contributed by atoms with E-state index in [9.17, 15) is 8.42 Å². The number of sulfone groups is 1. The van der Waals surface area contributed by atoms with Gasteiger partial charge in [0.05, 0.1) is 22.9 Å². The van der Waals surface area contributed by atoms with Gasteiger partial charge in [-0.25, -0.2) is 13.4 Å². The first-order valence-corrected chi connectivity index (χ1v) is 13.8. The number of nitrogens with zero attached hydrogens (tertiary/aromatic N) is 2. The van der Waals surface area contributed by atoms with Crippen molar-refractivity contribution in [2.75, 3.05) is 25.1 Å². The van der Waals surface area contributed by atoms with Crippen molar-refractivity contribution >= 4 is 26.3 Å². The molecule has 0 unspecified atom stereocenters. The summed E-state index contributed by atoms with van der Waals surface area (Å²) in [5.74, 6) is 0.848. The summed E-state index contributed by atoms with van der Waals surface area (Å²) >= 11 is 1.63. The largest absolute Gasteiger partial charge is 0.497 e. The monoisotopic (exact) mass is 484 g/mol. The number of thiazole rings is 1. The van der Waals surface area contributed by atoms with Crippen molar-refractivity contribution in [2.24, 2.45) is 0 Å². The lowest BCUT2D eigenvalue weighted by Gasteiger charge is -2.32. The van der Waals surface area contributed by atoms with E-state index in [0.717, 1.165) is 50.8 Å². The summed E-state index contributed by atoms with van der Waals surface area (Å²) in [5, 5.41) is 2.73. The molecule has 0 saturated carbocycles. The summed E-state index contributed by atoms with van der Waals surface area (Å²) in [4.78, 5) is 7.61. The molecule has 1 aliphatic heterocycles. The molecule has 1 saturated heterocycles. The van der Waals surface area contributed by atoms with Crippen LogP contribution in [0.5, 0.6) is 5.75 Å². The van der Waals surface area contributed by atoms with Gasteiger partial charge in [-0.3, -0.25) is 0 Å². The van der Waals surface area contributed by atoms with Crippen molar-refractivity contribution in [3.63, 3.8) is 0 Å². The molecule has 0 N–H and O–H groups in total. The lowest BCUT2D eigenvalue weighted by Crippen LogP contribution is -2.39. The minimum atomic E-state index is -3.37. The van der Waals surface area contributed by atoms with Crippen LogP contribution in [-0.4, -0.2) is 38.9 Å². The molecule has 1 fully saturated rings. The number of ether oxygens (including phenoxy) is 1. The van der Waals surface area contributed by atoms with Crippen LogP contribution in [0.25, 0.3) is 0 Å². The van der Waals surface area contributed by atoms with E-state index in [1.807, 2.05) is 45.9 Å². The van der Waals surface area contributed by atoms with Gasteiger partial charge < -0.3 is 9.64 Å². The van der Waals surface area contributed by atoms with E-state index >= 15 is 0 Å². The van der Waals surface area contributed by atoms with Crippen LogP contribution in [0.4, 0.5) is 5.13 Å². The fourth-order valence-electron chi connectivity index (χ4n) is 4.65. The molecule has 0 amide bonds. The fraction of sp³-hybridized carbons (Fsp3) is 0.423. The molecule has 176 valence electrons. The molecule has 0 spiro atoms. The van der Waals surface area contributed by atoms with Crippen molar-refractivity contribution in [1.82, 2.24) is 4.98 Å². The Morgan fingerprint density at radius 1 is 1.06 bits per heavy atom. The van der Waals surface area contributed by atoms with Gasteiger partial charge in [-0.1, -0.05) is 18.2 Å². The zero-order valence-corrected chi connectivity index (χ0v) is 21.6. The smallest absolute Gasteiger partial charge is 0.185 e. The molecular formula is C26H32N2O3S2. The van der Waals surface area contributed by atoms with E-state index in [1.54, 1.807) is 18.4 Å². The average Bonchev–Trinajstić information content (AvgIpc) is 3.26. The third-order valence-electron chi connectivity index (χ3n) is 6.79. The molecule has 0 aliphatic carbocycles. The lowest BCUT2D eigenvalue weighted by molar-refractivity contribution is 0.414. The molecule has 5 nitrogen and oxygen atoms in total. The fourth-order valence-corrected chi connectivity index (χ4v) is 7.87. The molecule has 1 aromatic heterocycles. The third kappa shape index (κ3) is 4.80. The Bertz CT molecular complexity index is 1230. The molecular weight excluding hydrogens is 452 g/mol. The van der Waals surface area contributed by atoms with E-state index in [-0.39, 0.29) is 5.25 Å². The van der Waals surface area contributed by atoms with E-state index in [0.29, 0.717) is 30.8 Å². The quantitative estimate of drug-likeness (QED) is 0.468. The van der Waals surface area contributed by atoms with Gasteiger partial charge in [0, 0.05) is 24.9 Å². The predicted molar refractivity (Wildman–Crippen MR) is 136 cm³/mol. The van der Waals surface area contributed by atoms with Crippen LogP contribution in [0.1, 0.15) is 46.4 Å². The van der Waals surface area contributed by atoms with Crippen LogP contribution >= 0.6 is 11.3 Å². The Morgan fingerprint density at radius 2 is 1.73 bits per heavy atom. The number of piperidine rings is 1. The van der Waals surface area contributed by atoms with Gasteiger partial charge in [0.2, 0.25) is 0 Å². The molecule has 3 aromatic rings. The van der Waals surface area contributed by atoms with Crippen LogP contribution in [-0.2, 0) is 16.3 Å². The minimum Gasteiger partial charge on any atom is -0.497 e. The predicted octanol–water partition coefficient (Wildman–Crippen LogP) is 5.42. The minimum absolute atomic E-state index is 0.344. The zero-order valence-electron chi connectivity index (χ0n) is 20.0. The summed E-state index contributed by atoms with van der Waals surface area (Å²) < 4.78 is 32.5. The number of hydrogen-bond acceptors (Lipinski definition) is 6. The van der Waals surface area contributed by atoms with Gasteiger partial charge in [-0.15, -0.1) is 11.3 Å². The highest BCUT2D eigenvalue weighted by Crippen LogP contribution is 2.34. The highest BCUT2D eigenvalue weighted by atomic mass is 32.2. The Morgan fingerprint density at radius 3 is 2.36 bits per heavy atom. The Labute approximate surface area is 201 Å². The highest BCUT2D eigenvalue weighted by Gasteiger charge is 2.34. The number of aromatic nitrogens is 1. The molecule has 33 heavy (non-hydrogen) atoms. The zero-order chi connectivity index (χ0) is 23.8. The SMILES string of the molecule is COc1cccc(Cc2csc(N3CCC(S(=O)(=O)c4c(C)c(C)cc(C)c4C)CC3)n2)c1. The first kappa shape index (κ1) is 23.8. The Kier molecular flexibility index (Phi) is 6.82. The summed E-state index contributed by atoms with van der Waals surface area (Å²) in [7, 11) is -1.70. The molecule has 2 heterocycles. The maximum Gasteiger partial charge on any atom is 0.185 e. The van der Waals surface area contributed by atoms with Crippen molar-refractivity contribution in [2.45, 2.75) is 57.1 Å². The van der Waals surface area contributed by atoms with Gasteiger partial charge in [0.15, 0.2) is 15.0 Å². The number of benzene rings is 2. The van der Waals surface area contributed by atoms with Gasteiger partial charge in [-0.2, -0.15) is 0 Å². The first-order chi connectivity index (χ1) is 15.7. The van der Waals surface area contributed by atoms with Gasteiger partial charge in [0.1, 0.15) is 5.75 Å². The van der Waals surface area contributed by atoms with Crippen LogP contribution in [0, 0.1) is 27.7 Å². The van der Waals surface area contributed by atoms with Crippen molar-refractivity contribution in [3.05, 3.63) is 69.2 Å². The second kappa shape index (κ2) is 9.47. The average molecular weight is 485 g/mol. The van der Waals surface area contributed by atoms with Crippen LogP contribution in [0.15, 0.2) is 40.6 Å². The standard InChI is InChI=1S/C26H32N2O3S2/c1-17-13-18(2)20(4)25(19(17)3)33(29,30)24-9-11-28(12-10-24)26-27-22(16-32-26)14-21-7-6-8-23(15-21)31-5/h6-8,13,15-16,24H,9-12,14H2,1-5H3. The van der Waals surface area contributed by atoms with E-state index in [4.69, 9.17) is 9.72 Å². The van der Waals surface area contributed by atoms with E-state index < -0.39 is 9.84 Å². The summed E-state index contributed by atoms with van der Waals surface area (Å²) in [6, 6.07) is 10.1. The van der Waals surface area contributed by atoms with Crippen LogP contribution in [0.2, 0.25) is 0 Å². The molecule has 0 radical (unpaired) electrons. The second-order valence-electron chi connectivity index (χ2n) is 8.97. The number of aryl methyl sites for hydroxylation is 2. The number of anilines is 1. The number of rotatable bonds is 6. The summed E-state index contributed by atoms with van der Waals surface area (Å²) in [6.45, 7) is 9.27. The van der Waals surface area contributed by atoms with Crippen LogP contribution < -0.4 is 9.64 Å². The highest BCUT2D eigenvalue weighted by molar-refractivity contribution is 7.92. The first-order valence-electron chi connectivity index (χ1n) is 11.3. The van der Waals surface area contributed by atoms with Crippen molar-refractivity contribution < 1.29 is 13.2 Å². The normalized spacial score (nSPS) is 15.1. The number of hydrogen-bond donors (Lipinski definition) is 0. The third-order valence-corrected chi connectivity index (χ3v) is 10.3. The van der Waals surface area contributed by atoms with Crippen molar-refractivity contribution in [1.29, 1.82) is 0 Å². The molecule has 4 rings (SSSR count). The topological polar surface area (TPSA) is 59.5 Å². The molecule has 1 aliphatic rings. The van der Waals surface area contributed by atoms with Crippen molar-refractivity contribution in [3.8, 4) is 5.75 Å². The van der Waals surface area contributed by atoms with Crippen LogP contribution in [0.3, 0.4) is 0 Å². The summed E-state index contributed by atoms with van der Waals surface area (Å²) in [6.07, 6.45) is 2.00. The maximum absolute atomic E-state index is 13.6. The second-order valence-corrected chi connectivity index (χ2v) is 12.0. The maximum atomic E-state index is 13.6. The van der Waals surface area contributed by atoms with Gasteiger partial charge in [-0.05, 0) is 80.5 Å².